The van der Waals surface area contributed by atoms with E-state index in [9.17, 15) is 4.79 Å². The maximum atomic E-state index is 10.6. The number of aliphatic hydroxyl groups is 1. The molecule has 0 spiro atoms. The van der Waals surface area contributed by atoms with Crippen LogP contribution in [0.3, 0.4) is 0 Å². The van der Waals surface area contributed by atoms with Gasteiger partial charge in [0.25, 0.3) is 0 Å². The Balaban J connectivity index is 3.63. The Morgan fingerprint density at radius 1 is 1.58 bits per heavy atom. The van der Waals surface area contributed by atoms with Crippen LogP contribution in [-0.2, 0) is 4.79 Å². The molecule has 0 aromatic carbocycles. The van der Waals surface area contributed by atoms with Crippen molar-refractivity contribution in [1.29, 1.82) is 0 Å². The van der Waals surface area contributed by atoms with Gasteiger partial charge in [-0.3, -0.25) is 4.79 Å². The molecule has 0 radical (unpaired) electrons. The normalized spacial score (nSPS) is 11.6. The molecule has 4 heteroatoms. The van der Waals surface area contributed by atoms with Crippen LogP contribution in [0.4, 0.5) is 0 Å². The first-order valence-electron chi connectivity index (χ1n) is 4.12. The second-order valence-corrected chi connectivity index (χ2v) is 3.53. The summed E-state index contributed by atoms with van der Waals surface area (Å²) in [5, 5.41) is 11.6. The van der Waals surface area contributed by atoms with E-state index in [4.69, 9.17) is 10.8 Å². The Bertz CT molecular complexity index is 146. The third-order valence-corrected chi connectivity index (χ3v) is 1.55. The maximum Gasteiger partial charge on any atom is 0.219 e. The summed E-state index contributed by atoms with van der Waals surface area (Å²) in [4.78, 5) is 10.6. The summed E-state index contributed by atoms with van der Waals surface area (Å²) < 4.78 is 0. The fourth-order valence-corrected chi connectivity index (χ4v) is 1.00. The lowest BCUT2D eigenvalue weighted by Gasteiger charge is -2.24. The molecule has 0 atom stereocenters. The molecule has 0 heterocycles. The molecule has 0 aliphatic heterocycles. The fourth-order valence-electron chi connectivity index (χ4n) is 1.00. The number of hydrogen-bond acceptors (Lipinski definition) is 3. The highest BCUT2D eigenvalue weighted by molar-refractivity contribution is 5.74. The Kier molecular flexibility index (Phi) is 4.85. The summed E-state index contributed by atoms with van der Waals surface area (Å²) >= 11 is 0. The van der Waals surface area contributed by atoms with Gasteiger partial charge in [-0.1, -0.05) is 0 Å². The third-order valence-electron chi connectivity index (χ3n) is 1.55. The number of nitrogens with one attached hydrogen (secondary N) is 1. The van der Waals surface area contributed by atoms with Crippen molar-refractivity contribution >= 4 is 5.91 Å². The lowest BCUT2D eigenvalue weighted by atomic mass is 10.0. The standard InChI is InChI=1S/C8H18N2O2/c1-8(2,6-7(9)12)10-4-3-5-11/h10-11H,3-6H2,1-2H3,(H2,9,12). The maximum absolute atomic E-state index is 10.6. The van der Waals surface area contributed by atoms with E-state index in [1.165, 1.54) is 0 Å². The second kappa shape index (κ2) is 5.11. The summed E-state index contributed by atoms with van der Waals surface area (Å²) in [6, 6.07) is 0. The third kappa shape index (κ3) is 6.12. The van der Waals surface area contributed by atoms with Crippen molar-refractivity contribution in [1.82, 2.24) is 5.32 Å². The van der Waals surface area contributed by atoms with E-state index in [0.717, 1.165) is 0 Å². The molecule has 0 aliphatic carbocycles. The predicted molar refractivity (Wildman–Crippen MR) is 47.6 cm³/mol. The van der Waals surface area contributed by atoms with Crippen LogP contribution in [0.2, 0.25) is 0 Å². The summed E-state index contributed by atoms with van der Waals surface area (Å²) in [5.41, 5.74) is 4.79. The number of amides is 1. The molecule has 4 nitrogen and oxygen atoms in total. The van der Waals surface area contributed by atoms with Crippen molar-refractivity contribution in [2.75, 3.05) is 13.2 Å². The van der Waals surface area contributed by atoms with Gasteiger partial charge in [0.1, 0.15) is 0 Å². The fraction of sp³-hybridized carbons (Fsp3) is 0.875. The molecular weight excluding hydrogens is 156 g/mol. The minimum atomic E-state index is -0.309. The van der Waals surface area contributed by atoms with Crippen molar-refractivity contribution in [2.24, 2.45) is 5.73 Å². The first-order valence-corrected chi connectivity index (χ1v) is 4.12. The van der Waals surface area contributed by atoms with Gasteiger partial charge in [0.05, 0.1) is 0 Å². The quantitative estimate of drug-likeness (QED) is 0.480. The van der Waals surface area contributed by atoms with Gasteiger partial charge >= 0.3 is 0 Å². The van der Waals surface area contributed by atoms with Crippen LogP contribution in [0, 0.1) is 0 Å². The van der Waals surface area contributed by atoms with Crippen LogP contribution in [0.15, 0.2) is 0 Å². The highest BCUT2D eigenvalue weighted by atomic mass is 16.3. The zero-order valence-electron chi connectivity index (χ0n) is 7.76. The molecule has 0 saturated heterocycles. The highest BCUT2D eigenvalue weighted by Crippen LogP contribution is 2.06. The Labute approximate surface area is 73.1 Å². The average Bonchev–Trinajstić information content (AvgIpc) is 1.84. The molecule has 0 saturated carbocycles. The van der Waals surface area contributed by atoms with Gasteiger partial charge in [-0.2, -0.15) is 0 Å². The molecule has 0 aromatic rings. The Hall–Kier alpha value is -0.610. The van der Waals surface area contributed by atoms with Gasteiger partial charge in [-0.05, 0) is 26.8 Å². The molecule has 4 N–H and O–H groups in total. The summed E-state index contributed by atoms with van der Waals surface area (Å²) in [6.45, 7) is 4.70. The number of aliphatic hydroxyl groups excluding tert-OH is 1. The van der Waals surface area contributed by atoms with Crippen LogP contribution in [0.5, 0.6) is 0 Å². The van der Waals surface area contributed by atoms with E-state index in [1.807, 2.05) is 13.8 Å². The highest BCUT2D eigenvalue weighted by Gasteiger charge is 2.18. The average molecular weight is 174 g/mol. The van der Waals surface area contributed by atoms with Gasteiger partial charge in [-0.25, -0.2) is 0 Å². The lowest BCUT2D eigenvalue weighted by molar-refractivity contribution is -0.119. The van der Waals surface area contributed by atoms with Gasteiger partial charge in [0.15, 0.2) is 0 Å². The van der Waals surface area contributed by atoms with Crippen molar-refractivity contribution < 1.29 is 9.90 Å². The van der Waals surface area contributed by atoms with Crippen LogP contribution in [0.1, 0.15) is 26.7 Å². The molecule has 0 fully saturated rings. The summed E-state index contributed by atoms with van der Waals surface area (Å²) in [7, 11) is 0. The second-order valence-electron chi connectivity index (χ2n) is 3.53. The van der Waals surface area contributed by atoms with E-state index in [-0.39, 0.29) is 18.1 Å². The molecule has 0 aliphatic rings. The zero-order chi connectivity index (χ0) is 9.61. The zero-order valence-corrected chi connectivity index (χ0v) is 7.76. The van der Waals surface area contributed by atoms with Crippen molar-refractivity contribution in [3.05, 3.63) is 0 Å². The topological polar surface area (TPSA) is 75.4 Å². The minimum Gasteiger partial charge on any atom is -0.396 e. The molecule has 0 bridgehead atoms. The molecule has 1 amide bonds. The number of carbonyl (C=O) groups is 1. The van der Waals surface area contributed by atoms with E-state index < -0.39 is 0 Å². The van der Waals surface area contributed by atoms with Crippen LogP contribution in [0.25, 0.3) is 0 Å². The van der Waals surface area contributed by atoms with Crippen LogP contribution < -0.4 is 11.1 Å². The van der Waals surface area contributed by atoms with Crippen LogP contribution in [-0.4, -0.2) is 29.7 Å². The smallest absolute Gasteiger partial charge is 0.219 e. The first-order chi connectivity index (χ1) is 5.48. The molecule has 0 unspecified atom stereocenters. The van der Waals surface area contributed by atoms with Gasteiger partial charge in [0.2, 0.25) is 5.91 Å². The van der Waals surface area contributed by atoms with E-state index in [1.54, 1.807) is 0 Å². The van der Waals surface area contributed by atoms with Crippen LogP contribution >= 0.6 is 0 Å². The number of carbonyl (C=O) groups excluding carboxylic acids is 1. The minimum absolute atomic E-state index is 0.166. The molecule has 0 aromatic heterocycles. The van der Waals surface area contributed by atoms with Gasteiger partial charge in [0, 0.05) is 18.6 Å². The van der Waals surface area contributed by atoms with Crippen molar-refractivity contribution in [3.63, 3.8) is 0 Å². The monoisotopic (exact) mass is 174 g/mol. The lowest BCUT2D eigenvalue weighted by Crippen LogP contribution is -2.43. The van der Waals surface area contributed by atoms with Gasteiger partial charge in [-0.15, -0.1) is 0 Å². The number of nitrogens with two attached hydrogens (primary N) is 1. The summed E-state index contributed by atoms with van der Waals surface area (Å²) in [5.74, 6) is -0.309. The molecule has 72 valence electrons. The first kappa shape index (κ1) is 11.4. The SMILES string of the molecule is CC(C)(CC(N)=O)NCCCO. The number of rotatable bonds is 6. The van der Waals surface area contributed by atoms with E-state index >= 15 is 0 Å². The number of primary amides is 1. The summed E-state index contributed by atoms with van der Waals surface area (Å²) in [6.07, 6.45) is 1.01. The van der Waals surface area contributed by atoms with Crippen molar-refractivity contribution in [3.8, 4) is 0 Å². The molecule has 12 heavy (non-hydrogen) atoms. The number of hydrogen-bond donors (Lipinski definition) is 3. The van der Waals surface area contributed by atoms with Crippen molar-refractivity contribution in [2.45, 2.75) is 32.2 Å². The van der Waals surface area contributed by atoms with E-state index in [0.29, 0.717) is 19.4 Å². The molecular formula is C8H18N2O2. The Morgan fingerprint density at radius 3 is 2.58 bits per heavy atom. The largest absolute Gasteiger partial charge is 0.396 e. The molecule has 0 rings (SSSR count). The van der Waals surface area contributed by atoms with Gasteiger partial charge < -0.3 is 16.2 Å². The predicted octanol–water partition coefficient (Wildman–Crippen LogP) is -0.388. The van der Waals surface area contributed by atoms with E-state index in [2.05, 4.69) is 5.32 Å². The Morgan fingerprint density at radius 2 is 2.17 bits per heavy atom.